The lowest BCUT2D eigenvalue weighted by Crippen LogP contribution is -2.50. The average Bonchev–Trinajstić information content (AvgIpc) is 3.25. The molecular formula is C24H20F6N5O5PS. The Morgan fingerprint density at radius 1 is 1.12 bits per heavy atom. The normalized spacial score (nSPS) is 19.7. The molecule has 42 heavy (non-hydrogen) atoms. The van der Waals surface area contributed by atoms with Gasteiger partial charge in [-0.05, 0) is 37.3 Å². The monoisotopic (exact) mass is 635 g/mol. The molecule has 18 heteroatoms. The molecular weight excluding hydrogens is 615 g/mol. The summed E-state index contributed by atoms with van der Waals surface area (Å²) < 4.78 is 125. The molecule has 0 bridgehead atoms. The number of halogens is 6. The van der Waals surface area contributed by atoms with Gasteiger partial charge in [0.15, 0.2) is 0 Å². The SMILES string of the molecule is C[C@H]1[C@H](F)C[C@@H](C(=O)N(COP=O)Cc2cc(-c3cnc(C(F)(F)F)nc3)ncc2F)N1S(=O)(=O)c1ccc(F)cc1. The number of nitrogens with zero attached hydrogens (tertiary/aromatic N) is 5. The van der Waals surface area contributed by atoms with E-state index in [2.05, 4.69) is 15.0 Å². The number of pyridine rings is 1. The van der Waals surface area contributed by atoms with Gasteiger partial charge < -0.3 is 4.90 Å². The Kier molecular flexibility index (Phi) is 9.25. The fraction of sp³-hybridized carbons (Fsp3) is 0.333. The smallest absolute Gasteiger partial charge is 0.313 e. The second kappa shape index (κ2) is 12.4. The number of hydrogen-bond acceptors (Lipinski definition) is 8. The first kappa shape index (κ1) is 31.4. The fourth-order valence-corrected chi connectivity index (χ4v) is 6.34. The summed E-state index contributed by atoms with van der Waals surface area (Å²) in [6.07, 6.45) is -4.77. The van der Waals surface area contributed by atoms with Crippen molar-refractivity contribution in [2.75, 3.05) is 6.73 Å². The quantitative estimate of drug-likeness (QED) is 0.191. The van der Waals surface area contributed by atoms with E-state index in [1.807, 2.05) is 0 Å². The molecule has 0 spiro atoms. The number of amides is 1. The molecule has 1 aliphatic heterocycles. The van der Waals surface area contributed by atoms with Crippen LogP contribution in [-0.4, -0.2) is 63.5 Å². The summed E-state index contributed by atoms with van der Waals surface area (Å²) in [7, 11) is -5.40. The Bertz CT molecular complexity index is 1560. The van der Waals surface area contributed by atoms with Crippen LogP contribution < -0.4 is 0 Å². The molecule has 0 unspecified atom stereocenters. The molecule has 3 atom stereocenters. The zero-order chi connectivity index (χ0) is 30.8. The van der Waals surface area contributed by atoms with E-state index in [4.69, 9.17) is 4.52 Å². The first-order valence-electron chi connectivity index (χ1n) is 11.9. The molecule has 3 heterocycles. The van der Waals surface area contributed by atoms with Crippen LogP contribution in [0.4, 0.5) is 26.3 Å². The van der Waals surface area contributed by atoms with Gasteiger partial charge in [0.2, 0.25) is 21.8 Å². The molecule has 2 aromatic heterocycles. The van der Waals surface area contributed by atoms with E-state index in [1.54, 1.807) is 0 Å². The minimum Gasteiger partial charge on any atom is -0.313 e. The molecule has 1 saturated heterocycles. The Labute approximate surface area is 236 Å². The predicted octanol–water partition coefficient (Wildman–Crippen LogP) is 4.53. The molecule has 0 aliphatic carbocycles. The van der Waals surface area contributed by atoms with Gasteiger partial charge in [-0.15, -0.1) is 0 Å². The van der Waals surface area contributed by atoms with Crippen LogP contribution >= 0.6 is 8.69 Å². The molecule has 1 aromatic carbocycles. The van der Waals surface area contributed by atoms with Gasteiger partial charge in [-0.1, -0.05) is 0 Å². The number of aromatic nitrogens is 3. The minimum atomic E-state index is -4.80. The standard InChI is InChI=1S/C24H20F6N5O5PS/c1-13-18(26)7-21(35(13)42(38,39)17-4-2-16(25)3-5-17)22(36)34(12-40-41-37)11-14-6-20(31-10-19(14)27)15-8-32-23(33-9-15)24(28,29)30/h2-6,8-10,13,18,21H,7,11-12H2,1H3/t13-,18+,21-/m0/s1. The van der Waals surface area contributed by atoms with Crippen molar-refractivity contribution in [2.45, 2.75) is 49.2 Å². The van der Waals surface area contributed by atoms with Crippen LogP contribution in [0, 0.1) is 11.6 Å². The highest BCUT2D eigenvalue weighted by Crippen LogP contribution is 2.35. The molecule has 3 aromatic rings. The lowest BCUT2D eigenvalue weighted by atomic mass is 10.1. The van der Waals surface area contributed by atoms with Crippen molar-refractivity contribution in [3.63, 3.8) is 0 Å². The average molecular weight is 635 g/mol. The van der Waals surface area contributed by atoms with E-state index < -0.39 is 91.1 Å². The fourth-order valence-electron chi connectivity index (χ4n) is 4.34. The van der Waals surface area contributed by atoms with Gasteiger partial charge in [0.25, 0.3) is 0 Å². The zero-order valence-electron chi connectivity index (χ0n) is 21.4. The highest BCUT2D eigenvalue weighted by molar-refractivity contribution is 7.89. The predicted molar refractivity (Wildman–Crippen MR) is 133 cm³/mol. The minimum absolute atomic E-state index is 0.0158. The number of carbonyl (C=O) groups excluding carboxylic acids is 1. The summed E-state index contributed by atoms with van der Waals surface area (Å²) in [5, 5.41) is 0. The van der Waals surface area contributed by atoms with Crippen LogP contribution in [0.3, 0.4) is 0 Å². The third-order valence-corrected chi connectivity index (χ3v) is 8.66. The van der Waals surface area contributed by atoms with Crippen molar-refractivity contribution in [1.82, 2.24) is 24.2 Å². The molecule has 0 N–H and O–H groups in total. The molecule has 224 valence electrons. The van der Waals surface area contributed by atoms with Crippen LogP contribution in [0.2, 0.25) is 0 Å². The van der Waals surface area contributed by atoms with Crippen molar-refractivity contribution >= 4 is 24.6 Å². The molecule has 1 aliphatic rings. The third kappa shape index (κ3) is 6.59. The first-order chi connectivity index (χ1) is 19.7. The topological polar surface area (TPSA) is 123 Å². The van der Waals surface area contributed by atoms with E-state index in [0.29, 0.717) is 4.31 Å². The van der Waals surface area contributed by atoms with Crippen LogP contribution in [0.5, 0.6) is 0 Å². The van der Waals surface area contributed by atoms with Crippen molar-refractivity contribution in [1.29, 1.82) is 0 Å². The lowest BCUT2D eigenvalue weighted by molar-refractivity contribution is -0.145. The summed E-state index contributed by atoms with van der Waals surface area (Å²) >= 11 is 0. The summed E-state index contributed by atoms with van der Waals surface area (Å²) in [5.74, 6) is -4.10. The third-order valence-electron chi connectivity index (χ3n) is 6.43. The van der Waals surface area contributed by atoms with E-state index in [-0.39, 0.29) is 16.8 Å². The number of alkyl halides is 4. The van der Waals surface area contributed by atoms with Crippen molar-refractivity contribution in [3.8, 4) is 11.3 Å². The van der Waals surface area contributed by atoms with E-state index in [0.717, 1.165) is 53.8 Å². The second-order valence-electron chi connectivity index (χ2n) is 9.12. The highest BCUT2D eigenvalue weighted by Gasteiger charge is 2.50. The summed E-state index contributed by atoms with van der Waals surface area (Å²) in [6, 6.07) is 1.84. The van der Waals surface area contributed by atoms with Gasteiger partial charge in [0.05, 0.1) is 29.4 Å². The maximum atomic E-state index is 14.9. The van der Waals surface area contributed by atoms with Crippen LogP contribution in [0.15, 0.2) is 53.8 Å². The number of hydrogen-bond donors (Lipinski definition) is 0. The Morgan fingerprint density at radius 3 is 2.36 bits per heavy atom. The zero-order valence-corrected chi connectivity index (χ0v) is 23.1. The van der Waals surface area contributed by atoms with Gasteiger partial charge in [-0.3, -0.25) is 14.3 Å². The van der Waals surface area contributed by atoms with Gasteiger partial charge >= 0.3 is 14.9 Å². The van der Waals surface area contributed by atoms with Crippen LogP contribution in [-0.2, 0) is 36.6 Å². The molecule has 0 saturated carbocycles. The molecule has 1 fully saturated rings. The van der Waals surface area contributed by atoms with Crippen molar-refractivity contribution in [2.24, 2.45) is 0 Å². The Morgan fingerprint density at radius 2 is 1.76 bits per heavy atom. The van der Waals surface area contributed by atoms with Crippen molar-refractivity contribution < 1.29 is 48.6 Å². The van der Waals surface area contributed by atoms with Gasteiger partial charge in [0.1, 0.15) is 30.6 Å². The van der Waals surface area contributed by atoms with Crippen molar-refractivity contribution in [3.05, 3.63) is 71.9 Å². The molecule has 10 nitrogen and oxygen atoms in total. The lowest BCUT2D eigenvalue weighted by Gasteiger charge is -2.31. The highest BCUT2D eigenvalue weighted by atomic mass is 32.2. The Balaban J connectivity index is 1.65. The molecule has 0 radical (unpaired) electrons. The largest absolute Gasteiger partial charge is 0.451 e. The van der Waals surface area contributed by atoms with E-state index in [1.165, 1.54) is 6.92 Å². The van der Waals surface area contributed by atoms with Gasteiger partial charge in [-0.2, -0.15) is 17.5 Å². The number of sulfonamides is 1. The maximum Gasteiger partial charge on any atom is 0.451 e. The van der Waals surface area contributed by atoms with Gasteiger partial charge in [-0.25, -0.2) is 36.1 Å². The van der Waals surface area contributed by atoms with E-state index in [9.17, 15) is 44.1 Å². The number of carbonyl (C=O) groups is 1. The second-order valence-corrected chi connectivity index (χ2v) is 11.4. The maximum absolute atomic E-state index is 14.9. The van der Waals surface area contributed by atoms with Crippen LogP contribution in [0.25, 0.3) is 11.3 Å². The summed E-state index contributed by atoms with van der Waals surface area (Å²) in [6.45, 7) is -0.114. The van der Waals surface area contributed by atoms with Crippen LogP contribution in [0.1, 0.15) is 24.7 Å². The Hall–Kier alpha value is -3.53. The molecule has 1 amide bonds. The number of benzene rings is 1. The summed E-state index contributed by atoms with van der Waals surface area (Å²) in [4.78, 5) is 24.3. The number of rotatable bonds is 9. The first-order valence-corrected chi connectivity index (χ1v) is 14.1. The molecule has 4 rings (SSSR count). The van der Waals surface area contributed by atoms with Gasteiger partial charge in [0, 0.05) is 29.9 Å². The van der Waals surface area contributed by atoms with E-state index >= 15 is 0 Å². The summed E-state index contributed by atoms with van der Waals surface area (Å²) in [5.41, 5.74) is -0.317.